The first-order chi connectivity index (χ1) is 9.88. The maximum Gasteiger partial charge on any atom is 0.354 e. The van der Waals surface area contributed by atoms with Crippen LogP contribution >= 0.6 is 27.5 Å². The molecule has 0 saturated carbocycles. The fraction of sp³-hybridized carbons (Fsp3) is 0. The molecule has 1 aromatic carbocycles. The van der Waals surface area contributed by atoms with Crippen LogP contribution in [0.25, 0.3) is 0 Å². The van der Waals surface area contributed by atoms with Crippen LogP contribution in [0.3, 0.4) is 0 Å². The van der Waals surface area contributed by atoms with Gasteiger partial charge in [-0.15, -0.1) is 0 Å². The lowest BCUT2D eigenvalue weighted by molar-refractivity contribution is -0.384. The predicted octanol–water partition coefficient (Wildman–Crippen LogP) is 3.85. The Morgan fingerprint density at radius 2 is 2.10 bits per heavy atom. The molecule has 0 amide bonds. The van der Waals surface area contributed by atoms with Crippen molar-refractivity contribution in [2.45, 2.75) is 0 Å². The van der Waals surface area contributed by atoms with Crippen molar-refractivity contribution in [3.63, 3.8) is 0 Å². The van der Waals surface area contributed by atoms with E-state index in [0.29, 0.717) is 15.2 Å². The zero-order chi connectivity index (χ0) is 15.6. The molecule has 0 bridgehead atoms. The minimum Gasteiger partial charge on any atom is -0.477 e. The summed E-state index contributed by atoms with van der Waals surface area (Å²) in [6.45, 7) is 0. The predicted molar refractivity (Wildman–Crippen MR) is 80.3 cm³/mol. The highest BCUT2D eigenvalue weighted by molar-refractivity contribution is 9.10. The van der Waals surface area contributed by atoms with Crippen LogP contribution < -0.4 is 5.32 Å². The molecule has 2 aromatic rings. The Balaban J connectivity index is 2.45. The number of anilines is 2. The van der Waals surface area contributed by atoms with Gasteiger partial charge < -0.3 is 10.4 Å². The highest BCUT2D eigenvalue weighted by atomic mass is 79.9. The van der Waals surface area contributed by atoms with Gasteiger partial charge in [-0.2, -0.15) is 0 Å². The van der Waals surface area contributed by atoms with Gasteiger partial charge in [0.2, 0.25) is 5.82 Å². The van der Waals surface area contributed by atoms with Crippen molar-refractivity contribution in [3.8, 4) is 0 Å². The molecule has 108 valence electrons. The topological polar surface area (TPSA) is 105 Å². The Bertz CT molecular complexity index is 738. The first-order valence-corrected chi connectivity index (χ1v) is 6.66. The molecule has 1 aromatic heterocycles. The SMILES string of the molecule is O=C(O)c1ccc([N+](=O)[O-])c(Nc2ccc(Cl)c(Br)c2)n1. The number of pyridine rings is 1. The van der Waals surface area contributed by atoms with E-state index in [4.69, 9.17) is 16.7 Å². The quantitative estimate of drug-likeness (QED) is 0.624. The van der Waals surface area contributed by atoms with E-state index in [0.717, 1.165) is 12.1 Å². The number of aromatic nitrogens is 1. The molecule has 0 spiro atoms. The number of halogens is 2. The van der Waals surface area contributed by atoms with Gasteiger partial charge >= 0.3 is 11.7 Å². The Morgan fingerprint density at radius 3 is 2.67 bits per heavy atom. The summed E-state index contributed by atoms with van der Waals surface area (Å²) >= 11 is 9.08. The summed E-state index contributed by atoms with van der Waals surface area (Å²) in [7, 11) is 0. The first-order valence-electron chi connectivity index (χ1n) is 5.49. The molecule has 0 atom stereocenters. The third-order valence-electron chi connectivity index (χ3n) is 2.47. The Labute approximate surface area is 131 Å². The van der Waals surface area contributed by atoms with E-state index in [-0.39, 0.29) is 17.2 Å². The van der Waals surface area contributed by atoms with E-state index in [1.807, 2.05) is 0 Å². The molecule has 1 heterocycles. The van der Waals surface area contributed by atoms with Gasteiger partial charge in [-0.25, -0.2) is 9.78 Å². The Hall–Kier alpha value is -2.19. The lowest BCUT2D eigenvalue weighted by atomic mass is 10.3. The van der Waals surface area contributed by atoms with Crippen molar-refractivity contribution < 1.29 is 14.8 Å². The molecule has 0 unspecified atom stereocenters. The van der Waals surface area contributed by atoms with E-state index in [1.165, 1.54) is 0 Å². The van der Waals surface area contributed by atoms with Crippen LogP contribution in [0.4, 0.5) is 17.2 Å². The number of carbonyl (C=O) groups is 1. The van der Waals surface area contributed by atoms with E-state index in [9.17, 15) is 14.9 Å². The molecule has 0 fully saturated rings. The van der Waals surface area contributed by atoms with Crippen LogP contribution in [0.1, 0.15) is 10.5 Å². The number of rotatable bonds is 4. The summed E-state index contributed by atoms with van der Waals surface area (Å²) in [5, 5.41) is 23.0. The van der Waals surface area contributed by atoms with Crippen molar-refractivity contribution in [2.75, 3.05) is 5.32 Å². The summed E-state index contributed by atoms with van der Waals surface area (Å²) in [6.07, 6.45) is 0. The molecule has 7 nitrogen and oxygen atoms in total. The summed E-state index contributed by atoms with van der Waals surface area (Å²) in [6, 6.07) is 6.93. The van der Waals surface area contributed by atoms with Gasteiger partial charge in [0, 0.05) is 16.2 Å². The van der Waals surface area contributed by atoms with Crippen molar-refractivity contribution in [2.24, 2.45) is 0 Å². The molecule has 0 aliphatic rings. The zero-order valence-electron chi connectivity index (χ0n) is 10.2. The smallest absolute Gasteiger partial charge is 0.354 e. The number of hydrogen-bond donors (Lipinski definition) is 2. The lowest BCUT2D eigenvalue weighted by Gasteiger charge is -2.08. The highest BCUT2D eigenvalue weighted by Crippen LogP contribution is 2.30. The van der Waals surface area contributed by atoms with Gasteiger partial charge in [0.05, 0.1) is 9.95 Å². The van der Waals surface area contributed by atoms with Gasteiger partial charge in [0.25, 0.3) is 0 Å². The number of hydrogen-bond acceptors (Lipinski definition) is 5. The van der Waals surface area contributed by atoms with Crippen molar-refractivity contribution in [1.29, 1.82) is 0 Å². The van der Waals surface area contributed by atoms with Gasteiger partial charge in [-0.05, 0) is 40.2 Å². The standard InChI is InChI=1S/C12H7BrClN3O4/c13-7-5-6(1-2-8(7)14)15-11-10(17(20)21)4-3-9(16-11)12(18)19/h1-5H,(H,15,16)(H,18,19). The fourth-order valence-corrected chi connectivity index (χ4v) is 2.02. The number of aromatic carboxylic acids is 1. The van der Waals surface area contributed by atoms with Crippen LogP contribution in [0.2, 0.25) is 5.02 Å². The molecule has 9 heteroatoms. The van der Waals surface area contributed by atoms with Gasteiger partial charge in [0.15, 0.2) is 5.69 Å². The molecule has 0 radical (unpaired) electrons. The Kier molecular flexibility index (Phi) is 4.39. The number of carboxylic acid groups (broad SMARTS) is 1. The Morgan fingerprint density at radius 1 is 1.38 bits per heavy atom. The first kappa shape index (κ1) is 15.2. The largest absolute Gasteiger partial charge is 0.477 e. The molecule has 0 saturated heterocycles. The van der Waals surface area contributed by atoms with Crippen LogP contribution in [-0.2, 0) is 0 Å². The van der Waals surface area contributed by atoms with Gasteiger partial charge in [0.1, 0.15) is 0 Å². The maximum atomic E-state index is 11.0. The lowest BCUT2D eigenvalue weighted by Crippen LogP contribution is -2.06. The van der Waals surface area contributed by atoms with Crippen molar-refractivity contribution in [1.82, 2.24) is 4.98 Å². The third-order valence-corrected chi connectivity index (χ3v) is 3.69. The normalized spacial score (nSPS) is 10.2. The third kappa shape index (κ3) is 3.47. The fourth-order valence-electron chi connectivity index (χ4n) is 1.52. The maximum absolute atomic E-state index is 11.0. The number of nitrogens with one attached hydrogen (secondary N) is 1. The minimum absolute atomic E-state index is 0.158. The molecule has 0 aliphatic carbocycles. The summed E-state index contributed by atoms with van der Waals surface area (Å²) in [4.78, 5) is 25.0. The molecule has 2 rings (SSSR count). The van der Waals surface area contributed by atoms with E-state index < -0.39 is 10.9 Å². The molecular weight excluding hydrogens is 366 g/mol. The van der Waals surface area contributed by atoms with Crippen molar-refractivity contribution in [3.05, 3.63) is 55.6 Å². The highest BCUT2D eigenvalue weighted by Gasteiger charge is 2.18. The van der Waals surface area contributed by atoms with Crippen molar-refractivity contribution >= 4 is 50.7 Å². The van der Waals surface area contributed by atoms with E-state index in [2.05, 4.69) is 26.2 Å². The van der Waals surface area contributed by atoms with Crippen LogP contribution in [0.5, 0.6) is 0 Å². The van der Waals surface area contributed by atoms with E-state index in [1.54, 1.807) is 18.2 Å². The number of nitrogens with zero attached hydrogens (tertiary/aromatic N) is 2. The summed E-state index contributed by atoms with van der Waals surface area (Å²) in [5.41, 5.74) is -0.147. The number of benzene rings is 1. The van der Waals surface area contributed by atoms with Crippen LogP contribution in [0.15, 0.2) is 34.8 Å². The average Bonchev–Trinajstić information content (AvgIpc) is 2.42. The molecular formula is C12H7BrClN3O4. The second-order valence-corrected chi connectivity index (χ2v) is 5.14. The summed E-state index contributed by atoms with van der Waals surface area (Å²) < 4.78 is 0.589. The van der Waals surface area contributed by atoms with Gasteiger partial charge in [-0.1, -0.05) is 11.6 Å². The molecule has 0 aliphatic heterocycles. The van der Waals surface area contributed by atoms with Crippen LogP contribution in [0, 0.1) is 10.1 Å². The second-order valence-electron chi connectivity index (χ2n) is 3.88. The minimum atomic E-state index is -1.27. The average molecular weight is 373 g/mol. The van der Waals surface area contributed by atoms with E-state index >= 15 is 0 Å². The zero-order valence-corrected chi connectivity index (χ0v) is 12.6. The second kappa shape index (κ2) is 6.06. The molecule has 21 heavy (non-hydrogen) atoms. The number of carboxylic acids is 1. The van der Waals surface area contributed by atoms with Crippen LogP contribution in [-0.4, -0.2) is 21.0 Å². The number of nitro groups is 1. The molecule has 2 N–H and O–H groups in total. The monoisotopic (exact) mass is 371 g/mol. The van der Waals surface area contributed by atoms with Gasteiger partial charge in [-0.3, -0.25) is 10.1 Å². The summed E-state index contributed by atoms with van der Waals surface area (Å²) in [5.74, 6) is -1.43.